The van der Waals surface area contributed by atoms with E-state index in [2.05, 4.69) is 10.0 Å². The van der Waals surface area contributed by atoms with E-state index in [9.17, 15) is 17.6 Å². The quantitative estimate of drug-likeness (QED) is 0.759. The van der Waals surface area contributed by atoms with Gasteiger partial charge < -0.3 is 15.0 Å². The molecule has 23 heavy (non-hydrogen) atoms. The second kappa shape index (κ2) is 7.71. The van der Waals surface area contributed by atoms with Gasteiger partial charge in [0.1, 0.15) is 10.7 Å². The number of aryl methyl sites for hydroxylation is 1. The molecule has 1 aliphatic rings. The number of benzene rings is 1. The molecule has 2 N–H and O–H groups in total. The Balaban J connectivity index is 1.83. The fourth-order valence-corrected chi connectivity index (χ4v) is 3.32. The van der Waals surface area contributed by atoms with Crippen LogP contribution >= 0.6 is 0 Å². The van der Waals surface area contributed by atoms with Crippen LogP contribution in [0.1, 0.15) is 5.56 Å². The van der Waals surface area contributed by atoms with Crippen molar-refractivity contribution in [3.8, 4) is 0 Å². The maximum absolute atomic E-state index is 13.6. The number of halogens is 1. The fraction of sp³-hybridized carbons (Fsp3) is 0.500. The first-order valence-corrected chi connectivity index (χ1v) is 8.75. The SMILES string of the molecule is Cc1ccc(F)c(S(=O)(=O)NCCNC(=O)N2CCOCC2)c1. The van der Waals surface area contributed by atoms with Crippen LogP contribution in [0.3, 0.4) is 0 Å². The van der Waals surface area contributed by atoms with Crippen molar-refractivity contribution < 1.29 is 22.3 Å². The van der Waals surface area contributed by atoms with Gasteiger partial charge in [-0.1, -0.05) is 6.07 Å². The number of hydrogen-bond donors (Lipinski definition) is 2. The highest BCUT2D eigenvalue weighted by atomic mass is 32.2. The molecule has 0 spiro atoms. The number of nitrogens with one attached hydrogen (secondary N) is 2. The molecule has 1 heterocycles. The maximum atomic E-state index is 13.6. The molecule has 1 aromatic rings. The maximum Gasteiger partial charge on any atom is 0.317 e. The smallest absolute Gasteiger partial charge is 0.317 e. The highest BCUT2D eigenvalue weighted by molar-refractivity contribution is 7.89. The van der Waals surface area contributed by atoms with Crippen molar-refractivity contribution in [3.05, 3.63) is 29.6 Å². The van der Waals surface area contributed by atoms with Crippen LogP contribution in [0.2, 0.25) is 0 Å². The molecule has 0 unspecified atom stereocenters. The largest absolute Gasteiger partial charge is 0.378 e. The Morgan fingerprint density at radius 3 is 2.70 bits per heavy atom. The molecule has 0 saturated carbocycles. The average molecular weight is 345 g/mol. The first-order valence-electron chi connectivity index (χ1n) is 7.26. The minimum atomic E-state index is -3.95. The molecular weight excluding hydrogens is 325 g/mol. The zero-order valence-electron chi connectivity index (χ0n) is 12.8. The van der Waals surface area contributed by atoms with Gasteiger partial charge in [-0.2, -0.15) is 0 Å². The third-order valence-electron chi connectivity index (χ3n) is 3.37. The number of amides is 2. The molecular formula is C14H20FN3O4S. The van der Waals surface area contributed by atoms with Crippen LogP contribution in [-0.2, 0) is 14.8 Å². The lowest BCUT2D eigenvalue weighted by molar-refractivity contribution is 0.0533. The molecule has 0 atom stereocenters. The molecule has 2 amide bonds. The van der Waals surface area contributed by atoms with Crippen molar-refractivity contribution in [1.82, 2.24) is 14.9 Å². The Morgan fingerprint density at radius 2 is 2.00 bits per heavy atom. The molecule has 7 nitrogen and oxygen atoms in total. The summed E-state index contributed by atoms with van der Waals surface area (Å²) in [6.45, 7) is 3.77. The van der Waals surface area contributed by atoms with E-state index in [1.54, 1.807) is 11.8 Å². The summed E-state index contributed by atoms with van der Waals surface area (Å²) in [6, 6.07) is 3.61. The third-order valence-corrected chi connectivity index (χ3v) is 4.84. The predicted octanol–water partition coefficient (Wildman–Crippen LogP) is 0.454. The molecule has 9 heteroatoms. The highest BCUT2D eigenvalue weighted by Crippen LogP contribution is 2.15. The number of carbonyl (C=O) groups is 1. The number of urea groups is 1. The Labute approximate surface area is 134 Å². The minimum Gasteiger partial charge on any atom is -0.378 e. The van der Waals surface area contributed by atoms with E-state index in [-0.39, 0.29) is 19.1 Å². The lowest BCUT2D eigenvalue weighted by Crippen LogP contribution is -2.47. The molecule has 2 rings (SSSR count). The van der Waals surface area contributed by atoms with Gasteiger partial charge in [0.2, 0.25) is 10.0 Å². The van der Waals surface area contributed by atoms with Crippen LogP contribution in [0.4, 0.5) is 9.18 Å². The van der Waals surface area contributed by atoms with Crippen LogP contribution in [0, 0.1) is 12.7 Å². The Hall–Kier alpha value is -1.71. The van der Waals surface area contributed by atoms with Gasteiger partial charge in [0.25, 0.3) is 0 Å². The standard InChI is InChI=1S/C14H20FN3O4S/c1-11-2-3-12(15)13(10-11)23(20,21)17-5-4-16-14(19)18-6-8-22-9-7-18/h2-3,10,17H,4-9H2,1H3,(H,16,19). The van der Waals surface area contributed by atoms with E-state index in [1.165, 1.54) is 12.1 Å². The van der Waals surface area contributed by atoms with Gasteiger partial charge in [0.15, 0.2) is 0 Å². The molecule has 0 aliphatic carbocycles. The van der Waals surface area contributed by atoms with Gasteiger partial charge in [0.05, 0.1) is 13.2 Å². The normalized spacial score (nSPS) is 15.5. The number of rotatable bonds is 5. The van der Waals surface area contributed by atoms with Crippen molar-refractivity contribution in [3.63, 3.8) is 0 Å². The van der Waals surface area contributed by atoms with E-state index >= 15 is 0 Å². The van der Waals surface area contributed by atoms with Gasteiger partial charge in [-0.05, 0) is 24.6 Å². The molecule has 0 bridgehead atoms. The van der Waals surface area contributed by atoms with Gasteiger partial charge in [0, 0.05) is 26.2 Å². The zero-order valence-corrected chi connectivity index (χ0v) is 13.7. The van der Waals surface area contributed by atoms with Gasteiger partial charge >= 0.3 is 6.03 Å². The Morgan fingerprint density at radius 1 is 1.30 bits per heavy atom. The lowest BCUT2D eigenvalue weighted by atomic mass is 10.2. The highest BCUT2D eigenvalue weighted by Gasteiger charge is 2.19. The summed E-state index contributed by atoms with van der Waals surface area (Å²) in [7, 11) is -3.95. The van der Waals surface area contributed by atoms with Gasteiger partial charge in [-0.15, -0.1) is 0 Å². The fourth-order valence-electron chi connectivity index (χ4n) is 2.13. The van der Waals surface area contributed by atoms with E-state index in [4.69, 9.17) is 4.74 Å². The van der Waals surface area contributed by atoms with Crippen LogP contribution in [0.15, 0.2) is 23.1 Å². The molecule has 1 aromatic carbocycles. The van der Waals surface area contributed by atoms with Crippen LogP contribution < -0.4 is 10.0 Å². The zero-order chi connectivity index (χ0) is 16.9. The van der Waals surface area contributed by atoms with Crippen molar-refractivity contribution in [1.29, 1.82) is 0 Å². The lowest BCUT2D eigenvalue weighted by Gasteiger charge is -2.26. The van der Waals surface area contributed by atoms with E-state index in [1.807, 2.05) is 0 Å². The monoisotopic (exact) mass is 345 g/mol. The Bertz CT molecular complexity index is 660. The van der Waals surface area contributed by atoms with Crippen molar-refractivity contribution >= 4 is 16.1 Å². The van der Waals surface area contributed by atoms with Crippen LogP contribution in [0.5, 0.6) is 0 Å². The second-order valence-electron chi connectivity index (χ2n) is 5.16. The number of carbonyl (C=O) groups excluding carboxylic acids is 1. The van der Waals surface area contributed by atoms with Gasteiger partial charge in [-0.3, -0.25) is 0 Å². The molecule has 0 radical (unpaired) electrons. The summed E-state index contributed by atoms with van der Waals surface area (Å²) in [5, 5.41) is 2.61. The number of nitrogens with zero attached hydrogens (tertiary/aromatic N) is 1. The third kappa shape index (κ3) is 4.88. The predicted molar refractivity (Wildman–Crippen MR) is 82.1 cm³/mol. The second-order valence-corrected chi connectivity index (χ2v) is 6.90. The van der Waals surface area contributed by atoms with Gasteiger partial charge in [-0.25, -0.2) is 22.3 Å². The summed E-state index contributed by atoms with van der Waals surface area (Å²) in [4.78, 5) is 13.0. The number of morpholine rings is 1. The molecule has 128 valence electrons. The van der Waals surface area contributed by atoms with E-state index < -0.39 is 20.7 Å². The van der Waals surface area contributed by atoms with E-state index in [0.29, 0.717) is 31.9 Å². The molecule has 1 aliphatic heterocycles. The summed E-state index contributed by atoms with van der Waals surface area (Å²) in [5.74, 6) is -0.805. The molecule has 1 saturated heterocycles. The van der Waals surface area contributed by atoms with Crippen molar-refractivity contribution in [2.75, 3.05) is 39.4 Å². The average Bonchev–Trinajstić information content (AvgIpc) is 2.54. The minimum absolute atomic E-state index is 0.0220. The number of sulfonamides is 1. The number of ether oxygens (including phenoxy) is 1. The van der Waals surface area contributed by atoms with E-state index in [0.717, 1.165) is 6.07 Å². The number of hydrogen-bond acceptors (Lipinski definition) is 4. The van der Waals surface area contributed by atoms with Crippen molar-refractivity contribution in [2.45, 2.75) is 11.8 Å². The van der Waals surface area contributed by atoms with Crippen LogP contribution in [0.25, 0.3) is 0 Å². The Kier molecular flexibility index (Phi) is 5.91. The topological polar surface area (TPSA) is 87.7 Å². The summed E-state index contributed by atoms with van der Waals surface area (Å²) >= 11 is 0. The van der Waals surface area contributed by atoms with Crippen LogP contribution in [-0.4, -0.2) is 58.7 Å². The molecule has 0 aromatic heterocycles. The summed E-state index contributed by atoms with van der Waals surface area (Å²) in [6.07, 6.45) is 0. The summed E-state index contributed by atoms with van der Waals surface area (Å²) < 4.78 is 45.2. The molecule has 1 fully saturated rings. The van der Waals surface area contributed by atoms with Crippen molar-refractivity contribution in [2.24, 2.45) is 0 Å². The summed E-state index contributed by atoms with van der Waals surface area (Å²) in [5.41, 5.74) is 0.646. The first kappa shape index (κ1) is 17.6. The first-order chi connectivity index (χ1) is 10.9.